The van der Waals surface area contributed by atoms with Crippen LogP contribution in [0.3, 0.4) is 0 Å². The first-order valence-corrected chi connectivity index (χ1v) is 11.3. The van der Waals surface area contributed by atoms with E-state index in [1.54, 1.807) is 4.90 Å². The van der Waals surface area contributed by atoms with Gasteiger partial charge in [-0.3, -0.25) is 14.9 Å². The Morgan fingerprint density at radius 2 is 1.76 bits per heavy atom. The summed E-state index contributed by atoms with van der Waals surface area (Å²) in [6, 6.07) is 13.3. The number of halogens is 2. The van der Waals surface area contributed by atoms with Crippen molar-refractivity contribution < 1.29 is 23.2 Å². The molecular formula is C25H27F2N3O3. The zero-order valence-corrected chi connectivity index (χ0v) is 18.3. The lowest BCUT2D eigenvalue weighted by molar-refractivity contribution is -0.133. The molecule has 2 heterocycles. The van der Waals surface area contributed by atoms with E-state index >= 15 is 0 Å². The molecule has 2 aromatic carbocycles. The van der Waals surface area contributed by atoms with Gasteiger partial charge in [-0.25, -0.2) is 13.6 Å². The first kappa shape index (κ1) is 22.9. The molecule has 0 radical (unpaired) electrons. The predicted octanol–water partition coefficient (Wildman–Crippen LogP) is 3.35. The van der Waals surface area contributed by atoms with E-state index in [9.17, 15) is 23.2 Å². The minimum Gasteiger partial charge on any atom is -0.342 e. The standard InChI is InChI=1S/C25H27F2N3O3/c26-20-10-4-9-18(22(20)27)16-21(31)30-14-11-19(12-15-30)25(23(32)28-24(33)29-25)13-5-8-17-6-2-1-3-7-17/h1-4,6-7,9-10,19H,5,8,11-16H2,(H2,28,29,32,33). The fourth-order valence-electron chi connectivity index (χ4n) is 4.97. The zero-order valence-electron chi connectivity index (χ0n) is 18.3. The number of benzene rings is 2. The van der Waals surface area contributed by atoms with Crippen LogP contribution in [0.25, 0.3) is 0 Å². The van der Waals surface area contributed by atoms with Gasteiger partial charge in [0.15, 0.2) is 11.6 Å². The molecular weight excluding hydrogens is 428 g/mol. The van der Waals surface area contributed by atoms with Crippen LogP contribution in [-0.2, 0) is 22.4 Å². The summed E-state index contributed by atoms with van der Waals surface area (Å²) in [7, 11) is 0. The number of hydrogen-bond donors (Lipinski definition) is 2. The zero-order chi connectivity index (χ0) is 23.4. The molecule has 0 saturated carbocycles. The summed E-state index contributed by atoms with van der Waals surface area (Å²) in [6.07, 6.45) is 2.89. The molecule has 2 fully saturated rings. The molecule has 2 N–H and O–H groups in total. The molecule has 0 aliphatic carbocycles. The van der Waals surface area contributed by atoms with Crippen molar-refractivity contribution in [1.29, 1.82) is 0 Å². The van der Waals surface area contributed by atoms with Crippen molar-refractivity contribution in [3.05, 3.63) is 71.3 Å². The Balaban J connectivity index is 1.38. The lowest BCUT2D eigenvalue weighted by Crippen LogP contribution is -2.56. The summed E-state index contributed by atoms with van der Waals surface area (Å²) in [5, 5.41) is 5.26. The highest BCUT2D eigenvalue weighted by atomic mass is 19.2. The Morgan fingerprint density at radius 3 is 2.42 bits per heavy atom. The van der Waals surface area contributed by atoms with Crippen molar-refractivity contribution in [3.8, 4) is 0 Å². The monoisotopic (exact) mass is 455 g/mol. The molecule has 2 aliphatic heterocycles. The lowest BCUT2D eigenvalue weighted by Gasteiger charge is -2.40. The largest absolute Gasteiger partial charge is 0.342 e. The molecule has 2 saturated heterocycles. The molecule has 1 atom stereocenters. The van der Waals surface area contributed by atoms with Gasteiger partial charge in [0.25, 0.3) is 5.91 Å². The summed E-state index contributed by atoms with van der Waals surface area (Å²) in [5.41, 5.74) is 0.208. The molecule has 4 rings (SSSR count). The fourth-order valence-corrected chi connectivity index (χ4v) is 4.97. The number of likely N-dealkylation sites (tertiary alicyclic amines) is 1. The van der Waals surface area contributed by atoms with E-state index in [-0.39, 0.29) is 29.7 Å². The van der Waals surface area contributed by atoms with E-state index in [1.807, 2.05) is 30.3 Å². The van der Waals surface area contributed by atoms with Crippen LogP contribution in [0.5, 0.6) is 0 Å². The van der Waals surface area contributed by atoms with Gasteiger partial charge in [0.2, 0.25) is 5.91 Å². The number of nitrogens with zero attached hydrogens (tertiary/aromatic N) is 1. The van der Waals surface area contributed by atoms with Gasteiger partial charge in [-0.2, -0.15) is 0 Å². The molecule has 0 aromatic heterocycles. The van der Waals surface area contributed by atoms with E-state index in [0.717, 1.165) is 18.9 Å². The Labute approximate surface area is 191 Å². The number of nitrogens with one attached hydrogen (secondary N) is 2. The average molecular weight is 456 g/mol. The highest BCUT2D eigenvalue weighted by Crippen LogP contribution is 2.35. The van der Waals surface area contributed by atoms with E-state index < -0.39 is 23.2 Å². The number of carbonyl (C=O) groups excluding carboxylic acids is 3. The Bertz CT molecular complexity index is 1040. The number of urea groups is 1. The number of amides is 4. The first-order valence-electron chi connectivity index (χ1n) is 11.3. The molecule has 2 aliphatic rings. The van der Waals surface area contributed by atoms with Crippen LogP contribution in [-0.4, -0.2) is 41.4 Å². The Morgan fingerprint density at radius 1 is 1.03 bits per heavy atom. The van der Waals surface area contributed by atoms with Crippen molar-refractivity contribution in [2.75, 3.05) is 13.1 Å². The minimum absolute atomic E-state index is 0.0296. The van der Waals surface area contributed by atoms with Gasteiger partial charge in [0, 0.05) is 18.7 Å². The third kappa shape index (κ3) is 4.89. The maximum Gasteiger partial charge on any atom is 0.322 e. The lowest BCUT2D eigenvalue weighted by atomic mass is 9.74. The van der Waals surface area contributed by atoms with E-state index in [2.05, 4.69) is 10.6 Å². The quantitative estimate of drug-likeness (QED) is 0.629. The minimum atomic E-state index is -0.997. The molecule has 174 valence electrons. The number of rotatable bonds is 7. The highest BCUT2D eigenvalue weighted by Gasteiger charge is 2.51. The molecule has 8 heteroatoms. The second-order valence-electron chi connectivity index (χ2n) is 8.76. The van der Waals surface area contributed by atoms with E-state index in [0.29, 0.717) is 32.4 Å². The predicted molar refractivity (Wildman–Crippen MR) is 118 cm³/mol. The molecule has 2 aromatic rings. The first-order chi connectivity index (χ1) is 15.9. The van der Waals surface area contributed by atoms with Gasteiger partial charge >= 0.3 is 6.03 Å². The highest BCUT2D eigenvalue weighted by molar-refractivity contribution is 6.07. The van der Waals surface area contributed by atoms with Crippen molar-refractivity contribution >= 4 is 17.8 Å². The second-order valence-corrected chi connectivity index (χ2v) is 8.76. The number of piperidine rings is 1. The summed E-state index contributed by atoms with van der Waals surface area (Å²) >= 11 is 0. The van der Waals surface area contributed by atoms with Gasteiger partial charge in [-0.1, -0.05) is 42.5 Å². The van der Waals surface area contributed by atoms with Crippen LogP contribution in [0, 0.1) is 17.6 Å². The third-order valence-corrected chi connectivity index (χ3v) is 6.77. The van der Waals surface area contributed by atoms with Gasteiger partial charge in [-0.15, -0.1) is 0 Å². The maximum absolute atomic E-state index is 13.9. The Kier molecular flexibility index (Phi) is 6.72. The van der Waals surface area contributed by atoms with E-state index in [4.69, 9.17) is 0 Å². The van der Waals surface area contributed by atoms with Gasteiger partial charge in [-0.05, 0) is 49.7 Å². The van der Waals surface area contributed by atoms with Crippen molar-refractivity contribution in [3.63, 3.8) is 0 Å². The number of hydrogen-bond acceptors (Lipinski definition) is 3. The summed E-state index contributed by atoms with van der Waals surface area (Å²) in [5.74, 6) is -2.68. The van der Waals surface area contributed by atoms with Crippen molar-refractivity contribution in [1.82, 2.24) is 15.5 Å². The Hall–Kier alpha value is -3.29. The van der Waals surface area contributed by atoms with Crippen LogP contribution in [0.15, 0.2) is 48.5 Å². The molecule has 0 bridgehead atoms. The van der Waals surface area contributed by atoms with Crippen LogP contribution >= 0.6 is 0 Å². The average Bonchev–Trinajstić information content (AvgIpc) is 3.11. The van der Waals surface area contributed by atoms with Gasteiger partial charge < -0.3 is 10.2 Å². The SMILES string of the molecule is O=C1NC(=O)C(CCCc2ccccc2)(C2CCN(C(=O)Cc3cccc(F)c3F)CC2)N1. The van der Waals surface area contributed by atoms with Crippen LogP contribution < -0.4 is 10.6 Å². The maximum atomic E-state index is 13.9. The van der Waals surface area contributed by atoms with Crippen molar-refractivity contribution in [2.24, 2.45) is 5.92 Å². The van der Waals surface area contributed by atoms with Crippen LogP contribution in [0.1, 0.15) is 36.8 Å². The fraction of sp³-hybridized carbons (Fsp3) is 0.400. The van der Waals surface area contributed by atoms with Gasteiger partial charge in [0.1, 0.15) is 5.54 Å². The van der Waals surface area contributed by atoms with Crippen LogP contribution in [0.2, 0.25) is 0 Å². The molecule has 33 heavy (non-hydrogen) atoms. The molecule has 4 amide bonds. The molecule has 0 spiro atoms. The van der Waals surface area contributed by atoms with Crippen LogP contribution in [0.4, 0.5) is 13.6 Å². The summed E-state index contributed by atoms with van der Waals surface area (Å²) < 4.78 is 27.4. The van der Waals surface area contributed by atoms with E-state index in [1.165, 1.54) is 17.7 Å². The number of aryl methyl sites for hydroxylation is 1. The second kappa shape index (κ2) is 9.68. The third-order valence-electron chi connectivity index (χ3n) is 6.77. The topological polar surface area (TPSA) is 78.5 Å². The van der Waals surface area contributed by atoms with Crippen molar-refractivity contribution in [2.45, 2.75) is 44.1 Å². The normalized spacial score (nSPS) is 21.1. The smallest absolute Gasteiger partial charge is 0.322 e. The number of carbonyl (C=O) groups is 3. The molecule has 6 nitrogen and oxygen atoms in total. The summed E-state index contributed by atoms with van der Waals surface area (Å²) in [6.45, 7) is 0.786. The summed E-state index contributed by atoms with van der Waals surface area (Å²) in [4.78, 5) is 39.1. The van der Waals surface area contributed by atoms with Gasteiger partial charge in [0.05, 0.1) is 6.42 Å². The number of imide groups is 1. The molecule has 1 unspecified atom stereocenters.